The number of esters is 1. The zero-order chi connectivity index (χ0) is 15.1. The molecule has 1 aromatic heterocycles. The van der Waals surface area contributed by atoms with Crippen molar-refractivity contribution < 1.29 is 13.9 Å². The van der Waals surface area contributed by atoms with Crippen molar-refractivity contribution in [3.05, 3.63) is 65.2 Å². The van der Waals surface area contributed by atoms with Crippen LogP contribution in [0.1, 0.15) is 21.6 Å². The predicted molar refractivity (Wildman–Crippen MR) is 77.4 cm³/mol. The number of hydrogen-bond acceptors (Lipinski definition) is 4. The summed E-state index contributed by atoms with van der Waals surface area (Å²) in [5.74, 6) is -1.23. The first-order chi connectivity index (χ1) is 10.2. The Hall–Kier alpha value is -2.27. The van der Waals surface area contributed by atoms with Gasteiger partial charge < -0.3 is 10.1 Å². The standard InChI is InChI=1S/C16H17FN2O2/c1-21-16(20)14-6-5-12(10-15(14)17)11-18-9-7-13-4-2-3-8-19-13/h2-6,8,10,18H,7,9,11H2,1H3. The molecule has 1 heterocycles. The van der Waals surface area contributed by atoms with Gasteiger partial charge in [-0.25, -0.2) is 9.18 Å². The van der Waals surface area contributed by atoms with Crippen molar-refractivity contribution in [3.63, 3.8) is 0 Å². The molecule has 0 saturated heterocycles. The first kappa shape index (κ1) is 15.1. The Morgan fingerprint density at radius 2 is 2.19 bits per heavy atom. The van der Waals surface area contributed by atoms with Crippen LogP contribution in [-0.4, -0.2) is 24.6 Å². The van der Waals surface area contributed by atoms with Crippen molar-refractivity contribution in [2.24, 2.45) is 0 Å². The van der Waals surface area contributed by atoms with Gasteiger partial charge in [-0.1, -0.05) is 12.1 Å². The Bertz CT molecular complexity index is 602. The summed E-state index contributed by atoms with van der Waals surface area (Å²) in [4.78, 5) is 15.5. The summed E-state index contributed by atoms with van der Waals surface area (Å²) in [6, 6.07) is 10.3. The third kappa shape index (κ3) is 4.36. The highest BCUT2D eigenvalue weighted by Crippen LogP contribution is 2.11. The highest BCUT2D eigenvalue weighted by molar-refractivity contribution is 5.89. The lowest BCUT2D eigenvalue weighted by Crippen LogP contribution is -2.17. The van der Waals surface area contributed by atoms with Gasteiger partial charge in [0, 0.05) is 31.4 Å². The fourth-order valence-corrected chi connectivity index (χ4v) is 1.94. The number of ether oxygens (including phenoxy) is 1. The van der Waals surface area contributed by atoms with E-state index in [0.29, 0.717) is 6.54 Å². The van der Waals surface area contributed by atoms with Crippen LogP contribution in [0.25, 0.3) is 0 Å². The number of rotatable bonds is 6. The summed E-state index contributed by atoms with van der Waals surface area (Å²) >= 11 is 0. The number of carbonyl (C=O) groups is 1. The molecule has 0 unspecified atom stereocenters. The van der Waals surface area contributed by atoms with Crippen LogP contribution in [0.4, 0.5) is 4.39 Å². The molecule has 0 aliphatic carbocycles. The minimum absolute atomic E-state index is 0.0465. The average molecular weight is 288 g/mol. The zero-order valence-electron chi connectivity index (χ0n) is 11.8. The number of halogens is 1. The van der Waals surface area contributed by atoms with Crippen LogP contribution in [0.2, 0.25) is 0 Å². The van der Waals surface area contributed by atoms with Crippen molar-refractivity contribution in [1.29, 1.82) is 0 Å². The molecule has 0 aliphatic heterocycles. The van der Waals surface area contributed by atoms with Crippen LogP contribution in [0.15, 0.2) is 42.6 Å². The lowest BCUT2D eigenvalue weighted by Gasteiger charge is -2.07. The number of hydrogen-bond donors (Lipinski definition) is 1. The van der Waals surface area contributed by atoms with Gasteiger partial charge in [-0.2, -0.15) is 0 Å². The molecule has 0 amide bonds. The SMILES string of the molecule is COC(=O)c1ccc(CNCCc2ccccn2)cc1F. The molecule has 0 saturated carbocycles. The third-order valence-corrected chi connectivity index (χ3v) is 3.05. The van der Waals surface area contributed by atoms with E-state index in [9.17, 15) is 9.18 Å². The van der Waals surface area contributed by atoms with E-state index in [-0.39, 0.29) is 5.56 Å². The van der Waals surface area contributed by atoms with E-state index in [1.807, 2.05) is 18.2 Å². The number of carbonyl (C=O) groups excluding carboxylic acids is 1. The van der Waals surface area contributed by atoms with E-state index < -0.39 is 11.8 Å². The first-order valence-corrected chi connectivity index (χ1v) is 6.68. The fourth-order valence-electron chi connectivity index (χ4n) is 1.94. The van der Waals surface area contributed by atoms with Crippen LogP contribution in [0.3, 0.4) is 0 Å². The minimum Gasteiger partial charge on any atom is -0.465 e. The van der Waals surface area contributed by atoms with Gasteiger partial charge in [0.15, 0.2) is 0 Å². The van der Waals surface area contributed by atoms with E-state index in [4.69, 9.17) is 0 Å². The van der Waals surface area contributed by atoms with Crippen LogP contribution in [-0.2, 0) is 17.7 Å². The van der Waals surface area contributed by atoms with E-state index in [1.165, 1.54) is 19.2 Å². The second-order valence-electron chi connectivity index (χ2n) is 4.55. The lowest BCUT2D eigenvalue weighted by molar-refractivity contribution is 0.0595. The van der Waals surface area contributed by atoms with E-state index in [1.54, 1.807) is 12.3 Å². The molecular formula is C16H17FN2O2. The predicted octanol–water partition coefficient (Wildman–Crippen LogP) is 2.34. The monoisotopic (exact) mass is 288 g/mol. The summed E-state index contributed by atoms with van der Waals surface area (Å²) in [6.07, 6.45) is 2.57. The maximum absolute atomic E-state index is 13.7. The van der Waals surface area contributed by atoms with E-state index in [0.717, 1.165) is 24.2 Å². The van der Waals surface area contributed by atoms with E-state index in [2.05, 4.69) is 15.0 Å². The van der Waals surface area contributed by atoms with Gasteiger partial charge in [0.05, 0.1) is 12.7 Å². The van der Waals surface area contributed by atoms with Gasteiger partial charge in [0.1, 0.15) is 5.82 Å². The summed E-state index contributed by atoms with van der Waals surface area (Å²) in [5.41, 5.74) is 1.74. The molecule has 1 N–H and O–H groups in total. The van der Waals surface area contributed by atoms with Gasteiger partial charge in [0.25, 0.3) is 0 Å². The number of aromatic nitrogens is 1. The molecule has 21 heavy (non-hydrogen) atoms. The highest BCUT2D eigenvalue weighted by Gasteiger charge is 2.11. The molecule has 5 heteroatoms. The topological polar surface area (TPSA) is 51.2 Å². The summed E-state index contributed by atoms with van der Waals surface area (Å²) in [7, 11) is 1.23. The van der Waals surface area contributed by atoms with Gasteiger partial charge in [-0.05, 0) is 29.8 Å². The second-order valence-corrected chi connectivity index (χ2v) is 4.55. The maximum Gasteiger partial charge on any atom is 0.340 e. The second kappa shape index (κ2) is 7.50. The van der Waals surface area contributed by atoms with Gasteiger partial charge in [-0.3, -0.25) is 4.98 Å². The molecule has 0 spiro atoms. The van der Waals surface area contributed by atoms with Gasteiger partial charge >= 0.3 is 5.97 Å². The third-order valence-electron chi connectivity index (χ3n) is 3.05. The molecule has 0 atom stereocenters. The lowest BCUT2D eigenvalue weighted by atomic mass is 10.1. The van der Waals surface area contributed by atoms with Gasteiger partial charge in [-0.15, -0.1) is 0 Å². The van der Waals surface area contributed by atoms with E-state index >= 15 is 0 Å². The zero-order valence-corrected chi connectivity index (χ0v) is 11.8. The summed E-state index contributed by atoms with van der Waals surface area (Å²) in [5, 5.41) is 3.22. The van der Waals surface area contributed by atoms with Crippen LogP contribution in [0.5, 0.6) is 0 Å². The Morgan fingerprint density at radius 3 is 2.86 bits per heavy atom. The minimum atomic E-state index is -0.665. The first-order valence-electron chi connectivity index (χ1n) is 6.68. The van der Waals surface area contributed by atoms with Crippen molar-refractivity contribution in [3.8, 4) is 0 Å². The number of nitrogens with one attached hydrogen (secondary N) is 1. The van der Waals surface area contributed by atoms with Crippen molar-refractivity contribution in [1.82, 2.24) is 10.3 Å². The Kier molecular flexibility index (Phi) is 5.40. The molecule has 0 aliphatic rings. The Labute approximate surface area is 123 Å². The van der Waals surface area contributed by atoms with Crippen LogP contribution < -0.4 is 5.32 Å². The normalized spacial score (nSPS) is 10.4. The molecular weight excluding hydrogens is 271 g/mol. The molecule has 2 rings (SSSR count). The quantitative estimate of drug-likeness (QED) is 0.655. The molecule has 0 fully saturated rings. The summed E-state index contributed by atoms with van der Waals surface area (Å²) in [6.45, 7) is 1.28. The highest BCUT2D eigenvalue weighted by atomic mass is 19.1. The Balaban J connectivity index is 1.84. The van der Waals surface area contributed by atoms with Gasteiger partial charge in [0.2, 0.25) is 0 Å². The maximum atomic E-state index is 13.7. The summed E-state index contributed by atoms with van der Waals surface area (Å²) < 4.78 is 18.2. The van der Waals surface area contributed by atoms with Crippen LogP contribution in [0, 0.1) is 5.82 Å². The fraction of sp³-hybridized carbons (Fsp3) is 0.250. The molecule has 0 bridgehead atoms. The van der Waals surface area contributed by atoms with Crippen molar-refractivity contribution >= 4 is 5.97 Å². The Morgan fingerprint density at radius 1 is 1.33 bits per heavy atom. The number of methoxy groups -OCH3 is 1. The molecule has 2 aromatic rings. The van der Waals surface area contributed by atoms with Crippen LogP contribution >= 0.6 is 0 Å². The smallest absolute Gasteiger partial charge is 0.340 e. The largest absolute Gasteiger partial charge is 0.465 e. The molecule has 4 nitrogen and oxygen atoms in total. The van der Waals surface area contributed by atoms with Crippen molar-refractivity contribution in [2.75, 3.05) is 13.7 Å². The molecule has 1 aromatic carbocycles. The average Bonchev–Trinajstić information content (AvgIpc) is 2.52. The molecule has 110 valence electrons. The number of benzene rings is 1. The number of pyridine rings is 1. The number of nitrogens with zero attached hydrogens (tertiary/aromatic N) is 1. The van der Waals surface area contributed by atoms with Crippen molar-refractivity contribution in [2.45, 2.75) is 13.0 Å². The molecule has 0 radical (unpaired) electrons.